The zero-order valence-electron chi connectivity index (χ0n) is 19.4. The Labute approximate surface area is 210 Å². The molecule has 0 radical (unpaired) electrons. The zero-order chi connectivity index (χ0) is 21.0. The number of hydrogen-bond donors (Lipinski definition) is 2. The second-order valence-electron chi connectivity index (χ2n) is 8.55. The van der Waals surface area contributed by atoms with Gasteiger partial charge in [-0.1, -0.05) is 18.9 Å². The normalized spacial score (nSPS) is 22.0. The maximum Gasteiger partial charge on any atom is 0.191 e. The van der Waals surface area contributed by atoms with E-state index < -0.39 is 0 Å². The van der Waals surface area contributed by atoms with E-state index in [9.17, 15) is 0 Å². The van der Waals surface area contributed by atoms with Gasteiger partial charge in [0.1, 0.15) is 0 Å². The van der Waals surface area contributed by atoms with Crippen LogP contribution in [0.5, 0.6) is 0 Å². The number of likely N-dealkylation sites (tertiary alicyclic amines) is 1. The van der Waals surface area contributed by atoms with Crippen LogP contribution in [0.2, 0.25) is 0 Å². The summed E-state index contributed by atoms with van der Waals surface area (Å²) in [6.45, 7) is 10.7. The molecule has 0 saturated carbocycles. The van der Waals surface area contributed by atoms with Crippen LogP contribution in [-0.2, 0) is 4.74 Å². The Kier molecular flexibility index (Phi) is 13.3. The van der Waals surface area contributed by atoms with E-state index in [1.165, 1.54) is 63.0 Å². The zero-order valence-corrected chi connectivity index (χ0v) is 22.5. The van der Waals surface area contributed by atoms with Gasteiger partial charge in [-0.3, -0.25) is 9.89 Å². The third-order valence-electron chi connectivity index (χ3n) is 6.16. The van der Waals surface area contributed by atoms with E-state index in [1.54, 1.807) is 0 Å². The van der Waals surface area contributed by atoms with E-state index >= 15 is 0 Å². The molecule has 6 nitrogen and oxygen atoms in total. The predicted octanol–water partition coefficient (Wildman–Crippen LogP) is 3.95. The number of halogens is 1. The van der Waals surface area contributed by atoms with Crippen LogP contribution in [0.4, 0.5) is 0 Å². The monoisotopic (exact) mass is 563 g/mol. The minimum absolute atomic E-state index is 0. The molecule has 2 saturated heterocycles. The maximum atomic E-state index is 5.75. The lowest BCUT2D eigenvalue weighted by Gasteiger charge is -2.37. The Morgan fingerprint density at radius 1 is 1.19 bits per heavy atom. The molecule has 2 aliphatic rings. The molecule has 0 bridgehead atoms. The third kappa shape index (κ3) is 9.53. The summed E-state index contributed by atoms with van der Waals surface area (Å²) < 4.78 is 5.75. The number of piperidine rings is 1. The van der Waals surface area contributed by atoms with Crippen molar-refractivity contribution >= 4 is 41.3 Å². The Morgan fingerprint density at radius 3 is 2.74 bits per heavy atom. The molecule has 2 atom stereocenters. The van der Waals surface area contributed by atoms with E-state index in [4.69, 9.17) is 4.74 Å². The third-order valence-corrected chi connectivity index (χ3v) is 7.14. The number of hydrogen-bond acceptors (Lipinski definition) is 5. The van der Waals surface area contributed by atoms with Gasteiger partial charge in [0.25, 0.3) is 0 Å². The van der Waals surface area contributed by atoms with Gasteiger partial charge in [0.05, 0.1) is 18.8 Å². The van der Waals surface area contributed by atoms with E-state index in [-0.39, 0.29) is 24.0 Å². The van der Waals surface area contributed by atoms with Crippen LogP contribution in [0, 0.1) is 0 Å². The van der Waals surface area contributed by atoms with Crippen molar-refractivity contribution in [2.75, 3.05) is 59.5 Å². The summed E-state index contributed by atoms with van der Waals surface area (Å²) in [5, 5.41) is 9.24. The van der Waals surface area contributed by atoms with Crippen LogP contribution in [0.15, 0.2) is 22.5 Å². The first kappa shape index (κ1) is 26.8. The van der Waals surface area contributed by atoms with Crippen LogP contribution in [0.1, 0.15) is 56.4 Å². The smallest absolute Gasteiger partial charge is 0.191 e. The van der Waals surface area contributed by atoms with E-state index in [1.807, 2.05) is 18.4 Å². The molecule has 0 aromatic carbocycles. The summed E-state index contributed by atoms with van der Waals surface area (Å²) in [6.07, 6.45) is 8.28. The van der Waals surface area contributed by atoms with Gasteiger partial charge in [-0.05, 0) is 63.7 Å². The van der Waals surface area contributed by atoms with E-state index in [2.05, 4.69) is 49.9 Å². The van der Waals surface area contributed by atoms with Crippen LogP contribution in [0.25, 0.3) is 0 Å². The summed E-state index contributed by atoms with van der Waals surface area (Å²) in [6, 6.07) is 4.75. The van der Waals surface area contributed by atoms with E-state index in [0.717, 1.165) is 38.7 Å². The van der Waals surface area contributed by atoms with Gasteiger partial charge in [-0.2, -0.15) is 0 Å². The minimum Gasteiger partial charge on any atom is -0.376 e. The molecule has 178 valence electrons. The Morgan fingerprint density at radius 2 is 2.03 bits per heavy atom. The second kappa shape index (κ2) is 15.4. The van der Waals surface area contributed by atoms with Crippen molar-refractivity contribution in [3.05, 3.63) is 22.4 Å². The van der Waals surface area contributed by atoms with Crippen LogP contribution in [-0.4, -0.2) is 81.3 Å². The number of rotatable bonds is 10. The quantitative estimate of drug-likeness (QED) is 0.196. The Hall–Kier alpha value is -0.420. The SMILES string of the molecule is CN=C(NCCCCCN1CCCCC1)NCC(c1cccs1)N1CCOC(C)C1.I. The van der Waals surface area contributed by atoms with Crippen molar-refractivity contribution in [2.45, 2.75) is 57.6 Å². The van der Waals surface area contributed by atoms with Gasteiger partial charge >= 0.3 is 0 Å². The minimum atomic E-state index is 0. The summed E-state index contributed by atoms with van der Waals surface area (Å²) in [4.78, 5) is 11.0. The lowest BCUT2D eigenvalue weighted by Crippen LogP contribution is -2.48. The number of morpholine rings is 1. The molecular formula is C23H42IN5OS. The lowest BCUT2D eigenvalue weighted by atomic mass is 10.1. The fraction of sp³-hybridized carbons (Fsp3) is 0.783. The highest BCUT2D eigenvalue weighted by atomic mass is 127. The number of guanidine groups is 1. The molecule has 3 rings (SSSR count). The highest BCUT2D eigenvalue weighted by molar-refractivity contribution is 14.0. The van der Waals surface area contributed by atoms with Crippen molar-refractivity contribution in [1.29, 1.82) is 0 Å². The first-order chi connectivity index (χ1) is 14.8. The van der Waals surface area contributed by atoms with Gasteiger partial charge < -0.3 is 20.3 Å². The maximum absolute atomic E-state index is 5.75. The van der Waals surface area contributed by atoms with Crippen LogP contribution in [0.3, 0.4) is 0 Å². The summed E-state index contributed by atoms with van der Waals surface area (Å²) in [7, 11) is 1.86. The molecule has 2 fully saturated rings. The van der Waals surface area contributed by atoms with Crippen LogP contribution >= 0.6 is 35.3 Å². The van der Waals surface area contributed by atoms with Gasteiger partial charge in [-0.25, -0.2) is 0 Å². The van der Waals surface area contributed by atoms with Crippen molar-refractivity contribution in [3.63, 3.8) is 0 Å². The average molecular weight is 564 g/mol. The topological polar surface area (TPSA) is 52.1 Å². The fourth-order valence-electron chi connectivity index (χ4n) is 4.46. The Bertz CT molecular complexity index is 609. The average Bonchev–Trinajstić information content (AvgIpc) is 3.30. The number of aliphatic imine (C=N–C) groups is 1. The van der Waals surface area contributed by atoms with Crippen LogP contribution < -0.4 is 10.6 Å². The molecule has 1 aromatic rings. The summed E-state index contributed by atoms with van der Waals surface area (Å²) in [5.74, 6) is 0.911. The van der Waals surface area contributed by atoms with Crippen molar-refractivity contribution in [2.24, 2.45) is 4.99 Å². The molecule has 1 aromatic heterocycles. The largest absolute Gasteiger partial charge is 0.376 e. The summed E-state index contributed by atoms with van der Waals surface area (Å²) in [5.41, 5.74) is 0. The number of ether oxygens (including phenoxy) is 1. The highest BCUT2D eigenvalue weighted by Gasteiger charge is 2.26. The highest BCUT2D eigenvalue weighted by Crippen LogP contribution is 2.26. The molecule has 2 unspecified atom stereocenters. The van der Waals surface area contributed by atoms with Crippen molar-refractivity contribution in [3.8, 4) is 0 Å². The van der Waals surface area contributed by atoms with Crippen molar-refractivity contribution < 1.29 is 4.74 Å². The molecule has 0 amide bonds. The molecule has 0 aliphatic carbocycles. The number of unbranched alkanes of at least 4 members (excludes halogenated alkanes) is 2. The number of nitrogens with zero attached hydrogens (tertiary/aromatic N) is 3. The number of nitrogens with one attached hydrogen (secondary N) is 2. The van der Waals surface area contributed by atoms with Gasteiger partial charge in [0.2, 0.25) is 0 Å². The van der Waals surface area contributed by atoms with Gasteiger partial charge in [0.15, 0.2) is 5.96 Å². The first-order valence-electron chi connectivity index (χ1n) is 11.8. The van der Waals surface area contributed by atoms with Gasteiger partial charge in [0, 0.05) is 38.1 Å². The predicted molar refractivity (Wildman–Crippen MR) is 143 cm³/mol. The standard InChI is InChI=1S/C23H41N5OS.HI/c1-20-19-28(15-16-29-20)21(22-10-9-17-30-22)18-26-23(24-2)25-11-5-3-6-12-27-13-7-4-8-14-27;/h9-10,17,20-21H,3-8,11-16,18-19H2,1-2H3,(H2,24,25,26);1H. The lowest BCUT2D eigenvalue weighted by molar-refractivity contribution is -0.0334. The van der Waals surface area contributed by atoms with Gasteiger partial charge in [-0.15, -0.1) is 35.3 Å². The summed E-state index contributed by atoms with van der Waals surface area (Å²) >= 11 is 1.84. The second-order valence-corrected chi connectivity index (χ2v) is 9.53. The fourth-order valence-corrected chi connectivity index (χ4v) is 5.32. The van der Waals surface area contributed by atoms with Crippen molar-refractivity contribution in [1.82, 2.24) is 20.4 Å². The molecule has 2 N–H and O–H groups in total. The molecule has 3 heterocycles. The molecular weight excluding hydrogens is 521 g/mol. The molecule has 31 heavy (non-hydrogen) atoms. The number of thiophene rings is 1. The molecule has 8 heteroatoms. The van der Waals surface area contributed by atoms with E-state index in [0.29, 0.717) is 12.1 Å². The molecule has 0 spiro atoms. The molecule has 2 aliphatic heterocycles. The first-order valence-corrected chi connectivity index (χ1v) is 12.7. The Balaban J connectivity index is 0.00000341.